The van der Waals surface area contributed by atoms with Gasteiger partial charge in [0.15, 0.2) is 5.16 Å². The first-order valence-electron chi connectivity index (χ1n) is 5.93. The molecule has 2 N–H and O–H groups in total. The zero-order chi connectivity index (χ0) is 14.7. The van der Waals surface area contributed by atoms with E-state index in [9.17, 15) is 10.1 Å². The maximum Gasteiger partial charge on any atom is 0.329 e. The van der Waals surface area contributed by atoms with Gasteiger partial charge in [0, 0.05) is 5.75 Å². The third kappa shape index (κ3) is 3.24. The number of thioether (sulfide) groups is 1. The number of aromatic nitrogens is 2. The molecule has 7 heteroatoms. The minimum Gasteiger partial charge on any atom is -0.378 e. The molecular formula is C13H14N4O2S. The number of hydrogen-bond acceptors (Lipinski definition) is 6. The quantitative estimate of drug-likeness (QED) is 0.402. The molecule has 1 aromatic heterocycles. The number of nitro groups is 1. The lowest BCUT2D eigenvalue weighted by molar-refractivity contribution is -0.384. The first-order valence-corrected chi connectivity index (χ1v) is 6.92. The van der Waals surface area contributed by atoms with E-state index in [1.807, 2.05) is 13.8 Å². The summed E-state index contributed by atoms with van der Waals surface area (Å²) in [7, 11) is 0. The van der Waals surface area contributed by atoms with Crippen LogP contribution in [0.3, 0.4) is 0 Å². The van der Waals surface area contributed by atoms with Crippen LogP contribution in [0.4, 0.5) is 11.5 Å². The first kappa shape index (κ1) is 14.3. The summed E-state index contributed by atoms with van der Waals surface area (Å²) in [4.78, 5) is 18.0. The Hall–Kier alpha value is -2.15. The third-order valence-electron chi connectivity index (χ3n) is 2.83. The molecule has 0 aliphatic rings. The molecule has 0 unspecified atom stereocenters. The number of anilines is 1. The van der Waals surface area contributed by atoms with Crippen LogP contribution in [0.15, 0.2) is 29.6 Å². The van der Waals surface area contributed by atoms with Crippen molar-refractivity contribution in [2.45, 2.75) is 24.8 Å². The number of hydrogen-bond donors (Lipinski definition) is 1. The molecule has 0 aliphatic heterocycles. The van der Waals surface area contributed by atoms with E-state index in [0.717, 1.165) is 6.20 Å². The van der Waals surface area contributed by atoms with E-state index >= 15 is 0 Å². The highest BCUT2D eigenvalue weighted by Crippen LogP contribution is 2.25. The summed E-state index contributed by atoms with van der Waals surface area (Å²) in [6.07, 6.45) is 1.15. The van der Waals surface area contributed by atoms with Gasteiger partial charge in [-0.1, -0.05) is 35.5 Å². The smallest absolute Gasteiger partial charge is 0.329 e. The molecule has 1 heterocycles. The Morgan fingerprint density at radius 3 is 2.80 bits per heavy atom. The molecule has 0 spiro atoms. The number of nitrogen functional groups attached to an aromatic ring is 1. The van der Waals surface area contributed by atoms with Crippen molar-refractivity contribution in [3.63, 3.8) is 0 Å². The van der Waals surface area contributed by atoms with Gasteiger partial charge in [0.05, 0.1) is 4.92 Å². The average Bonchev–Trinajstić information content (AvgIpc) is 2.39. The van der Waals surface area contributed by atoms with Crippen molar-refractivity contribution in [3.8, 4) is 0 Å². The molecule has 0 saturated carbocycles. The molecule has 0 bridgehead atoms. The van der Waals surface area contributed by atoms with E-state index in [0.29, 0.717) is 10.9 Å². The van der Waals surface area contributed by atoms with Gasteiger partial charge in [-0.2, -0.15) is 4.98 Å². The van der Waals surface area contributed by atoms with Gasteiger partial charge in [-0.05, 0) is 25.0 Å². The fraction of sp³-hybridized carbons (Fsp3) is 0.231. The summed E-state index contributed by atoms with van der Waals surface area (Å²) in [6, 6.07) is 6.23. The molecule has 104 valence electrons. The van der Waals surface area contributed by atoms with Crippen molar-refractivity contribution in [2.24, 2.45) is 0 Å². The van der Waals surface area contributed by atoms with E-state index in [1.165, 1.54) is 28.5 Å². The Balaban J connectivity index is 2.13. The lowest BCUT2D eigenvalue weighted by atomic mass is 10.1. The van der Waals surface area contributed by atoms with Crippen molar-refractivity contribution in [1.29, 1.82) is 0 Å². The Labute approximate surface area is 120 Å². The molecule has 20 heavy (non-hydrogen) atoms. The van der Waals surface area contributed by atoms with Gasteiger partial charge >= 0.3 is 5.69 Å². The Morgan fingerprint density at radius 2 is 2.15 bits per heavy atom. The number of aryl methyl sites for hydroxylation is 2. The minimum atomic E-state index is -0.589. The number of benzene rings is 1. The summed E-state index contributed by atoms with van der Waals surface area (Å²) < 4.78 is 0. The second kappa shape index (κ2) is 5.87. The van der Waals surface area contributed by atoms with Crippen LogP contribution in [-0.2, 0) is 5.75 Å². The predicted molar refractivity (Wildman–Crippen MR) is 78.6 cm³/mol. The molecule has 0 amide bonds. The Morgan fingerprint density at radius 1 is 1.40 bits per heavy atom. The van der Waals surface area contributed by atoms with E-state index < -0.39 is 4.92 Å². The molecule has 0 fully saturated rings. The number of rotatable bonds is 4. The van der Waals surface area contributed by atoms with E-state index in [1.54, 1.807) is 0 Å². The van der Waals surface area contributed by atoms with Crippen LogP contribution in [0.1, 0.15) is 16.7 Å². The van der Waals surface area contributed by atoms with Crippen molar-refractivity contribution in [1.82, 2.24) is 9.97 Å². The van der Waals surface area contributed by atoms with Crippen LogP contribution >= 0.6 is 11.8 Å². The van der Waals surface area contributed by atoms with Gasteiger partial charge in [-0.15, -0.1) is 0 Å². The highest BCUT2D eigenvalue weighted by molar-refractivity contribution is 7.98. The third-order valence-corrected chi connectivity index (χ3v) is 3.74. The maximum absolute atomic E-state index is 10.6. The molecule has 2 rings (SSSR count). The predicted octanol–water partition coefficient (Wildman–Crippen LogP) is 2.88. The van der Waals surface area contributed by atoms with Crippen molar-refractivity contribution in [3.05, 3.63) is 51.2 Å². The summed E-state index contributed by atoms with van der Waals surface area (Å²) in [5.74, 6) is 0.596. The van der Waals surface area contributed by atoms with Gasteiger partial charge in [0.1, 0.15) is 6.20 Å². The van der Waals surface area contributed by atoms with E-state index in [-0.39, 0.29) is 11.5 Å². The summed E-state index contributed by atoms with van der Waals surface area (Å²) >= 11 is 1.41. The fourth-order valence-corrected chi connectivity index (χ4v) is 2.57. The van der Waals surface area contributed by atoms with E-state index in [2.05, 4.69) is 28.2 Å². The van der Waals surface area contributed by atoms with E-state index in [4.69, 9.17) is 5.73 Å². The van der Waals surface area contributed by atoms with Gasteiger partial charge in [0.25, 0.3) is 0 Å². The topological polar surface area (TPSA) is 94.9 Å². The second-order valence-corrected chi connectivity index (χ2v) is 5.34. The molecule has 0 aliphatic carbocycles. The zero-order valence-electron chi connectivity index (χ0n) is 11.2. The maximum atomic E-state index is 10.6. The van der Waals surface area contributed by atoms with Crippen LogP contribution in [0.5, 0.6) is 0 Å². The SMILES string of the molecule is Cc1ccc(C)c(CSc2ncc([N+](=O)[O-])c(N)n2)c1. The van der Waals surface area contributed by atoms with Crippen LogP contribution < -0.4 is 5.73 Å². The van der Waals surface area contributed by atoms with Crippen molar-refractivity contribution < 1.29 is 4.92 Å². The standard InChI is InChI=1S/C13H14N4O2S/c1-8-3-4-9(2)10(5-8)7-20-13-15-6-11(17(18)19)12(14)16-13/h3-6H,7H2,1-2H3,(H2,14,15,16). The monoisotopic (exact) mass is 290 g/mol. The van der Waals surface area contributed by atoms with Crippen molar-refractivity contribution >= 4 is 23.3 Å². The fourth-order valence-electron chi connectivity index (χ4n) is 1.68. The van der Waals surface area contributed by atoms with Gasteiger partial charge < -0.3 is 5.73 Å². The number of nitrogens with two attached hydrogens (primary N) is 1. The van der Waals surface area contributed by atoms with Gasteiger partial charge in [-0.3, -0.25) is 10.1 Å². The van der Waals surface area contributed by atoms with Crippen LogP contribution in [0.2, 0.25) is 0 Å². The van der Waals surface area contributed by atoms with Crippen LogP contribution in [0.25, 0.3) is 0 Å². The molecule has 1 aromatic carbocycles. The Bertz CT molecular complexity index is 661. The summed E-state index contributed by atoms with van der Waals surface area (Å²) in [6.45, 7) is 4.08. The molecule has 6 nitrogen and oxygen atoms in total. The molecule has 0 saturated heterocycles. The highest BCUT2D eigenvalue weighted by atomic mass is 32.2. The first-order chi connectivity index (χ1) is 9.47. The Kier molecular flexibility index (Phi) is 4.19. The molecule has 0 radical (unpaired) electrons. The zero-order valence-corrected chi connectivity index (χ0v) is 12.0. The molecular weight excluding hydrogens is 276 g/mol. The summed E-state index contributed by atoms with van der Waals surface area (Å²) in [5, 5.41) is 11.1. The van der Waals surface area contributed by atoms with Gasteiger partial charge in [-0.25, -0.2) is 4.98 Å². The molecule has 2 aromatic rings. The minimum absolute atomic E-state index is 0.103. The van der Waals surface area contributed by atoms with Crippen molar-refractivity contribution in [2.75, 3.05) is 5.73 Å². The number of nitrogens with zero attached hydrogens (tertiary/aromatic N) is 3. The normalized spacial score (nSPS) is 10.5. The molecule has 0 atom stereocenters. The lowest BCUT2D eigenvalue weighted by Gasteiger charge is -2.06. The van der Waals surface area contributed by atoms with Crippen LogP contribution in [-0.4, -0.2) is 14.9 Å². The summed E-state index contributed by atoms with van der Waals surface area (Å²) in [5.41, 5.74) is 8.85. The van der Waals surface area contributed by atoms with Crippen LogP contribution in [0, 0.1) is 24.0 Å². The lowest BCUT2D eigenvalue weighted by Crippen LogP contribution is -2.01. The van der Waals surface area contributed by atoms with Gasteiger partial charge in [0.2, 0.25) is 5.82 Å². The largest absolute Gasteiger partial charge is 0.378 e. The second-order valence-electron chi connectivity index (χ2n) is 4.40. The highest BCUT2D eigenvalue weighted by Gasteiger charge is 2.14. The average molecular weight is 290 g/mol.